The fourth-order valence-corrected chi connectivity index (χ4v) is 6.21. The number of hydrogen-bond acceptors (Lipinski definition) is 10. The van der Waals surface area contributed by atoms with Crippen molar-refractivity contribution in [2.45, 2.75) is 96.5 Å². The molecule has 1 fully saturated rings. The van der Waals surface area contributed by atoms with Crippen LogP contribution in [0.2, 0.25) is 0 Å². The molecular formula is C44H52O10. The predicted molar refractivity (Wildman–Crippen MR) is 203 cm³/mol. The van der Waals surface area contributed by atoms with Crippen LogP contribution in [0.5, 0.6) is 11.5 Å². The molecule has 10 heteroatoms. The van der Waals surface area contributed by atoms with Crippen LogP contribution in [-0.2, 0) is 53.0 Å². The van der Waals surface area contributed by atoms with Crippen molar-refractivity contribution in [2.75, 3.05) is 20.3 Å². The summed E-state index contributed by atoms with van der Waals surface area (Å²) in [4.78, 5) is 24.7. The van der Waals surface area contributed by atoms with Crippen LogP contribution >= 0.6 is 0 Å². The number of hydrogen-bond donors (Lipinski definition) is 0. The molecule has 0 aliphatic carbocycles. The van der Waals surface area contributed by atoms with E-state index in [0.29, 0.717) is 45.0 Å². The first kappa shape index (κ1) is 40.4. The zero-order valence-electron chi connectivity index (χ0n) is 31.8. The Balaban J connectivity index is 1.30. The molecule has 1 saturated heterocycles. The number of carbonyl (C=O) groups is 2. The highest BCUT2D eigenvalue weighted by Gasteiger charge is 2.46. The van der Waals surface area contributed by atoms with Crippen molar-refractivity contribution < 1.29 is 47.5 Å². The molecule has 4 aromatic carbocycles. The molecule has 5 atom stereocenters. The smallest absolute Gasteiger partial charge is 0.344 e. The maximum Gasteiger partial charge on any atom is 0.344 e. The van der Waals surface area contributed by atoms with Crippen molar-refractivity contribution in [1.29, 1.82) is 0 Å². The molecule has 0 aromatic heterocycles. The summed E-state index contributed by atoms with van der Waals surface area (Å²) in [5, 5.41) is 0. The molecular weight excluding hydrogens is 688 g/mol. The van der Waals surface area contributed by atoms with Crippen molar-refractivity contribution in [2.24, 2.45) is 0 Å². The third kappa shape index (κ3) is 12.7. The Bertz CT molecular complexity index is 1720. The highest BCUT2D eigenvalue weighted by molar-refractivity contribution is 5.90. The largest absolute Gasteiger partial charge is 0.493 e. The summed E-state index contributed by atoms with van der Waals surface area (Å²) in [7, 11) is 1.30. The minimum atomic E-state index is -0.655. The van der Waals surface area contributed by atoms with E-state index < -0.39 is 35.9 Å². The number of rotatable bonds is 18. The van der Waals surface area contributed by atoms with Gasteiger partial charge in [0.2, 0.25) is 0 Å². The van der Waals surface area contributed by atoms with Crippen molar-refractivity contribution in [3.05, 3.63) is 131 Å². The van der Waals surface area contributed by atoms with Crippen LogP contribution in [0.15, 0.2) is 109 Å². The Morgan fingerprint density at radius 3 is 1.69 bits per heavy atom. The van der Waals surface area contributed by atoms with Gasteiger partial charge in [-0.1, -0.05) is 91.0 Å². The molecule has 4 aromatic rings. The molecule has 1 aliphatic heterocycles. The van der Waals surface area contributed by atoms with Crippen molar-refractivity contribution in [3.8, 4) is 11.5 Å². The van der Waals surface area contributed by atoms with Gasteiger partial charge in [-0.2, -0.15) is 0 Å². The van der Waals surface area contributed by atoms with Crippen LogP contribution < -0.4 is 9.47 Å². The number of methoxy groups -OCH3 is 1. The first-order valence-corrected chi connectivity index (χ1v) is 18.4. The van der Waals surface area contributed by atoms with Gasteiger partial charge in [-0.25, -0.2) is 9.59 Å². The highest BCUT2D eigenvalue weighted by atomic mass is 16.6. The summed E-state index contributed by atoms with van der Waals surface area (Å²) < 4.78 is 48.8. The summed E-state index contributed by atoms with van der Waals surface area (Å²) in [6.45, 7) is 8.50. The number of ether oxygens (including phenoxy) is 8. The van der Waals surface area contributed by atoms with Gasteiger partial charge in [0.25, 0.3) is 0 Å². The number of esters is 2. The molecule has 10 nitrogen and oxygen atoms in total. The maximum absolute atomic E-state index is 12.5. The van der Waals surface area contributed by atoms with Gasteiger partial charge < -0.3 is 37.9 Å². The number of carbonyl (C=O) groups excluding carboxylic acids is 2. The number of benzene rings is 4. The van der Waals surface area contributed by atoms with Gasteiger partial charge in [-0.05, 0) is 69.4 Å². The third-order valence-corrected chi connectivity index (χ3v) is 8.70. The quantitative estimate of drug-likeness (QED) is 0.0738. The van der Waals surface area contributed by atoms with E-state index in [9.17, 15) is 9.59 Å². The van der Waals surface area contributed by atoms with E-state index in [1.807, 2.05) is 97.9 Å². The minimum absolute atomic E-state index is 0.230. The second kappa shape index (κ2) is 20.1. The third-order valence-electron chi connectivity index (χ3n) is 8.70. The van der Waals surface area contributed by atoms with Gasteiger partial charge in [0.1, 0.15) is 35.4 Å². The summed E-state index contributed by atoms with van der Waals surface area (Å²) in [5.41, 5.74) is 2.72. The van der Waals surface area contributed by atoms with Crippen LogP contribution in [0, 0.1) is 0 Å². The zero-order valence-corrected chi connectivity index (χ0v) is 31.8. The van der Waals surface area contributed by atoms with Crippen LogP contribution in [0.3, 0.4) is 0 Å². The van der Waals surface area contributed by atoms with Crippen LogP contribution in [0.4, 0.5) is 0 Å². The Morgan fingerprint density at radius 1 is 0.667 bits per heavy atom. The van der Waals surface area contributed by atoms with Crippen molar-refractivity contribution in [3.63, 3.8) is 0 Å². The average molecular weight is 741 g/mol. The lowest BCUT2D eigenvalue weighted by Crippen LogP contribution is -2.59. The molecule has 0 amide bonds. The maximum atomic E-state index is 12.5. The van der Waals surface area contributed by atoms with Gasteiger partial charge in [0.15, 0.2) is 6.61 Å². The highest BCUT2D eigenvalue weighted by Crippen LogP contribution is 2.33. The summed E-state index contributed by atoms with van der Waals surface area (Å²) in [5.74, 6) is -0.419. The molecule has 0 spiro atoms. The molecule has 1 aliphatic rings. The van der Waals surface area contributed by atoms with Crippen LogP contribution in [-0.4, -0.2) is 68.4 Å². The summed E-state index contributed by atoms with van der Waals surface area (Å²) in [6, 6.07) is 34.9. The van der Waals surface area contributed by atoms with E-state index in [4.69, 9.17) is 37.9 Å². The van der Waals surface area contributed by atoms with Gasteiger partial charge in [-0.15, -0.1) is 0 Å². The van der Waals surface area contributed by atoms with Crippen LogP contribution in [0.1, 0.15) is 67.6 Å². The molecule has 0 saturated carbocycles. The lowest BCUT2D eigenvalue weighted by Gasteiger charge is -2.45. The van der Waals surface area contributed by atoms with E-state index in [-0.39, 0.29) is 30.1 Å². The zero-order chi connectivity index (χ0) is 38.3. The standard InChI is InChI=1S/C44H52O10/c1-31-40(50-27-32-16-9-6-10-17-32)42(52-29-34-20-13-8-14-21-34)41(51-28-33-18-11-7-12-19-33)38(53-31)22-15-23-48-36-24-35(43(46)47-5)25-37(26-36)49-30-39(45)54-44(2,3)4/h6-14,16-21,24-26,31,38,40-42H,15,22-23,27-30H2,1-5H3/t31-,38-,40+,41+,42+/m0/s1. The monoisotopic (exact) mass is 740 g/mol. The molecule has 0 N–H and O–H groups in total. The van der Waals surface area contributed by atoms with Crippen LogP contribution in [0.25, 0.3) is 0 Å². The molecule has 0 unspecified atom stereocenters. The average Bonchev–Trinajstić information content (AvgIpc) is 3.17. The Kier molecular flexibility index (Phi) is 15.0. The van der Waals surface area contributed by atoms with E-state index >= 15 is 0 Å². The van der Waals surface area contributed by atoms with E-state index in [0.717, 1.165) is 16.7 Å². The topological polar surface area (TPSA) is 108 Å². The second-order valence-corrected chi connectivity index (χ2v) is 14.2. The van der Waals surface area contributed by atoms with Crippen molar-refractivity contribution >= 4 is 11.9 Å². The Labute approximate surface area is 318 Å². The van der Waals surface area contributed by atoms with Gasteiger partial charge in [-0.3, -0.25) is 0 Å². The van der Waals surface area contributed by atoms with Gasteiger partial charge in [0, 0.05) is 6.07 Å². The van der Waals surface area contributed by atoms with Crippen molar-refractivity contribution in [1.82, 2.24) is 0 Å². The lowest BCUT2D eigenvalue weighted by atomic mass is 9.92. The van der Waals surface area contributed by atoms with E-state index in [1.54, 1.807) is 32.9 Å². The summed E-state index contributed by atoms with van der Waals surface area (Å²) >= 11 is 0. The molecule has 0 radical (unpaired) electrons. The Hall–Kier alpha value is -4.74. The molecule has 0 bridgehead atoms. The minimum Gasteiger partial charge on any atom is -0.493 e. The molecule has 54 heavy (non-hydrogen) atoms. The first-order chi connectivity index (χ1) is 26.1. The summed E-state index contributed by atoms with van der Waals surface area (Å²) in [6.07, 6.45) is -0.728. The predicted octanol–water partition coefficient (Wildman–Crippen LogP) is 7.90. The van der Waals surface area contributed by atoms with Gasteiger partial charge in [0.05, 0.1) is 51.3 Å². The SMILES string of the molecule is COC(=O)c1cc(OCCC[C@@H]2O[C@@H](C)[C@@H](OCc3ccccc3)[C@@H](OCc3ccccc3)[C@@H]2OCc2ccccc2)cc(OCC(=O)OC(C)(C)C)c1. The second-order valence-electron chi connectivity index (χ2n) is 14.2. The molecule has 5 rings (SSSR count). The first-order valence-electron chi connectivity index (χ1n) is 18.4. The normalized spacial score (nSPS) is 19.8. The van der Waals surface area contributed by atoms with E-state index in [2.05, 4.69) is 0 Å². The fourth-order valence-electron chi connectivity index (χ4n) is 6.21. The van der Waals surface area contributed by atoms with Gasteiger partial charge >= 0.3 is 11.9 Å². The fraction of sp³-hybridized carbons (Fsp3) is 0.409. The lowest BCUT2D eigenvalue weighted by molar-refractivity contribution is -0.262. The Morgan fingerprint density at radius 2 is 1.17 bits per heavy atom. The molecule has 288 valence electrons. The van der Waals surface area contributed by atoms with E-state index in [1.165, 1.54) is 13.2 Å². The molecule has 1 heterocycles.